The normalized spacial score (nSPS) is 10.2. The van der Waals surface area contributed by atoms with Crippen LogP contribution < -0.4 is 5.73 Å². The van der Waals surface area contributed by atoms with Crippen molar-refractivity contribution >= 4 is 23.0 Å². The molecule has 1 aromatic carbocycles. The van der Waals surface area contributed by atoms with Crippen LogP contribution in [0.3, 0.4) is 0 Å². The summed E-state index contributed by atoms with van der Waals surface area (Å²) >= 11 is 6.15. The maximum absolute atomic E-state index is 6.15. The van der Waals surface area contributed by atoms with Crippen LogP contribution in [0.2, 0.25) is 5.15 Å². The molecule has 0 aliphatic carbocycles. The van der Waals surface area contributed by atoms with Crippen molar-refractivity contribution in [3.8, 4) is 0 Å². The zero-order valence-corrected chi connectivity index (χ0v) is 11.1. The number of nitrogens with zero attached hydrogens (tertiary/aromatic N) is 2. The minimum atomic E-state index is 0.377. The molecule has 92 valence electrons. The zero-order valence-electron chi connectivity index (χ0n) is 10.3. The lowest BCUT2D eigenvalue weighted by Gasteiger charge is -2.13. The molecule has 3 nitrogen and oxygen atoms in total. The van der Waals surface area contributed by atoms with Crippen LogP contribution in [0.5, 0.6) is 0 Å². The molecule has 0 fully saturated rings. The molecule has 0 aliphatic heterocycles. The Morgan fingerprint density at radius 3 is 2.33 bits per heavy atom. The average molecular weight is 260 g/mol. The van der Waals surface area contributed by atoms with Gasteiger partial charge in [-0.2, -0.15) is 0 Å². The predicted molar refractivity (Wildman–Crippen MR) is 75.3 cm³/mol. The lowest BCUT2D eigenvalue weighted by Crippen LogP contribution is -2.02. The molecule has 18 heavy (non-hydrogen) atoms. The number of allylic oxidation sites excluding steroid dienone is 1. The summed E-state index contributed by atoms with van der Waals surface area (Å²) < 4.78 is 0. The predicted octanol–water partition coefficient (Wildman–Crippen LogP) is 3.55. The van der Waals surface area contributed by atoms with E-state index in [-0.39, 0.29) is 0 Å². The van der Waals surface area contributed by atoms with Crippen molar-refractivity contribution in [2.45, 2.75) is 13.8 Å². The van der Waals surface area contributed by atoms with Gasteiger partial charge in [0.1, 0.15) is 17.3 Å². The second-order valence-electron chi connectivity index (χ2n) is 4.17. The molecule has 1 aromatic heterocycles. The monoisotopic (exact) mass is 259 g/mol. The van der Waals surface area contributed by atoms with Crippen LogP contribution in [0, 0.1) is 0 Å². The molecule has 0 bridgehead atoms. The van der Waals surface area contributed by atoms with Crippen LogP contribution in [0.15, 0.2) is 42.2 Å². The highest BCUT2D eigenvalue weighted by molar-refractivity contribution is 6.31. The largest absolute Gasteiger partial charge is 0.383 e. The van der Waals surface area contributed by atoms with Crippen LogP contribution in [0.25, 0.3) is 5.57 Å². The van der Waals surface area contributed by atoms with Gasteiger partial charge in [-0.1, -0.05) is 47.5 Å². The van der Waals surface area contributed by atoms with Crippen LogP contribution in [-0.2, 0) is 0 Å². The first-order chi connectivity index (χ1) is 8.61. The van der Waals surface area contributed by atoms with Gasteiger partial charge in [0.05, 0.1) is 5.56 Å². The Hall–Kier alpha value is -1.87. The van der Waals surface area contributed by atoms with Crippen molar-refractivity contribution in [2.24, 2.45) is 0 Å². The number of hydrogen-bond donors (Lipinski definition) is 1. The zero-order chi connectivity index (χ0) is 13.1. The summed E-state index contributed by atoms with van der Waals surface area (Å²) in [5, 5.41) is 0.377. The number of anilines is 1. The van der Waals surface area contributed by atoms with E-state index in [2.05, 4.69) is 9.97 Å². The molecule has 2 aromatic rings. The highest BCUT2D eigenvalue weighted by Crippen LogP contribution is 2.33. The standard InChI is InChI=1S/C14H14ClN3/c1-9(2)11(10-6-4-3-5-7-10)12-13(15)17-8-18-14(12)16/h3-8H,1-2H3,(H2,16,17,18). The van der Waals surface area contributed by atoms with E-state index < -0.39 is 0 Å². The van der Waals surface area contributed by atoms with Gasteiger partial charge in [-0.15, -0.1) is 0 Å². The van der Waals surface area contributed by atoms with E-state index in [1.165, 1.54) is 6.33 Å². The molecule has 1 heterocycles. The lowest BCUT2D eigenvalue weighted by molar-refractivity contribution is 1.16. The summed E-state index contributed by atoms with van der Waals surface area (Å²) in [5.41, 5.74) is 9.78. The highest BCUT2D eigenvalue weighted by Gasteiger charge is 2.15. The fourth-order valence-electron chi connectivity index (χ4n) is 1.90. The van der Waals surface area contributed by atoms with Gasteiger partial charge in [-0.25, -0.2) is 9.97 Å². The summed E-state index contributed by atoms with van der Waals surface area (Å²) in [4.78, 5) is 8.03. The Morgan fingerprint density at radius 2 is 1.78 bits per heavy atom. The third kappa shape index (κ3) is 2.36. The number of nitrogen functional groups attached to an aromatic ring is 1. The van der Waals surface area contributed by atoms with E-state index in [0.717, 1.165) is 16.7 Å². The quantitative estimate of drug-likeness (QED) is 0.839. The van der Waals surface area contributed by atoms with Gasteiger partial charge in [0, 0.05) is 0 Å². The van der Waals surface area contributed by atoms with E-state index in [9.17, 15) is 0 Å². The topological polar surface area (TPSA) is 51.8 Å². The Kier molecular flexibility index (Phi) is 3.63. The van der Waals surface area contributed by atoms with Gasteiger partial charge in [0.15, 0.2) is 0 Å². The van der Waals surface area contributed by atoms with Crippen LogP contribution in [-0.4, -0.2) is 9.97 Å². The fourth-order valence-corrected chi connectivity index (χ4v) is 2.13. The summed E-state index contributed by atoms with van der Waals surface area (Å²) in [6, 6.07) is 9.97. The summed E-state index contributed by atoms with van der Waals surface area (Å²) in [7, 11) is 0. The number of halogens is 1. The van der Waals surface area contributed by atoms with Crippen LogP contribution in [0.1, 0.15) is 25.0 Å². The number of hydrogen-bond acceptors (Lipinski definition) is 3. The van der Waals surface area contributed by atoms with Crippen molar-refractivity contribution in [3.05, 3.63) is 58.5 Å². The van der Waals surface area contributed by atoms with E-state index in [0.29, 0.717) is 16.5 Å². The molecule has 0 saturated carbocycles. The van der Waals surface area contributed by atoms with Gasteiger partial charge in [-0.3, -0.25) is 0 Å². The van der Waals surface area contributed by atoms with Gasteiger partial charge >= 0.3 is 0 Å². The summed E-state index contributed by atoms with van der Waals surface area (Å²) in [5.74, 6) is 0.398. The van der Waals surface area contributed by atoms with Gasteiger partial charge < -0.3 is 5.73 Å². The first kappa shape index (κ1) is 12.6. The van der Waals surface area contributed by atoms with E-state index in [1.54, 1.807) is 0 Å². The minimum Gasteiger partial charge on any atom is -0.383 e. The van der Waals surface area contributed by atoms with E-state index in [1.807, 2.05) is 44.2 Å². The summed E-state index contributed by atoms with van der Waals surface area (Å²) in [6.45, 7) is 4.04. The molecular formula is C14H14ClN3. The van der Waals surface area contributed by atoms with Gasteiger partial charge in [0.25, 0.3) is 0 Å². The first-order valence-electron chi connectivity index (χ1n) is 5.60. The molecule has 0 spiro atoms. The molecule has 0 saturated heterocycles. The maximum Gasteiger partial charge on any atom is 0.142 e. The Bertz CT molecular complexity index is 567. The Balaban J connectivity index is 2.69. The summed E-state index contributed by atoms with van der Waals surface area (Å²) in [6.07, 6.45) is 1.37. The third-order valence-corrected chi connectivity index (χ3v) is 2.93. The molecule has 0 radical (unpaired) electrons. The number of rotatable bonds is 2. The maximum atomic E-state index is 6.15. The minimum absolute atomic E-state index is 0.377. The van der Waals surface area contributed by atoms with Crippen molar-refractivity contribution < 1.29 is 0 Å². The van der Waals surface area contributed by atoms with Crippen molar-refractivity contribution in [2.75, 3.05) is 5.73 Å². The molecule has 0 amide bonds. The first-order valence-corrected chi connectivity index (χ1v) is 5.98. The second-order valence-corrected chi connectivity index (χ2v) is 4.52. The average Bonchev–Trinajstić information content (AvgIpc) is 2.34. The van der Waals surface area contributed by atoms with E-state index in [4.69, 9.17) is 17.3 Å². The number of nitrogens with two attached hydrogens (primary N) is 1. The second kappa shape index (κ2) is 5.19. The molecule has 2 N–H and O–H groups in total. The van der Waals surface area contributed by atoms with Crippen LogP contribution in [0.4, 0.5) is 5.82 Å². The van der Waals surface area contributed by atoms with Gasteiger partial charge in [-0.05, 0) is 25.0 Å². The molecule has 4 heteroatoms. The van der Waals surface area contributed by atoms with Crippen molar-refractivity contribution in [1.29, 1.82) is 0 Å². The lowest BCUT2D eigenvalue weighted by atomic mass is 9.95. The highest BCUT2D eigenvalue weighted by atomic mass is 35.5. The van der Waals surface area contributed by atoms with Crippen LogP contribution >= 0.6 is 11.6 Å². The van der Waals surface area contributed by atoms with E-state index >= 15 is 0 Å². The molecule has 2 rings (SSSR count). The van der Waals surface area contributed by atoms with Crippen molar-refractivity contribution in [3.63, 3.8) is 0 Å². The molecule has 0 aliphatic rings. The Labute approximate surface area is 111 Å². The van der Waals surface area contributed by atoms with Crippen molar-refractivity contribution in [1.82, 2.24) is 9.97 Å². The number of aromatic nitrogens is 2. The molecule has 0 unspecified atom stereocenters. The molecular weight excluding hydrogens is 246 g/mol. The molecule has 0 atom stereocenters. The fraction of sp³-hybridized carbons (Fsp3) is 0.143. The SMILES string of the molecule is CC(C)=C(c1ccccc1)c1c(N)ncnc1Cl. The third-order valence-electron chi connectivity index (χ3n) is 2.64. The van der Waals surface area contributed by atoms with Gasteiger partial charge in [0.2, 0.25) is 0 Å². The smallest absolute Gasteiger partial charge is 0.142 e. The number of benzene rings is 1. The Morgan fingerprint density at radius 1 is 1.11 bits per heavy atom.